The fourth-order valence-electron chi connectivity index (χ4n) is 1.57. The van der Waals surface area contributed by atoms with Gasteiger partial charge in [0, 0.05) is 6.92 Å². The van der Waals surface area contributed by atoms with E-state index in [-0.39, 0.29) is 19.0 Å². The van der Waals surface area contributed by atoms with Gasteiger partial charge in [-0.25, -0.2) is 14.3 Å². The first-order valence-electron chi connectivity index (χ1n) is 5.46. The van der Waals surface area contributed by atoms with Crippen molar-refractivity contribution in [2.45, 2.75) is 13.5 Å². The van der Waals surface area contributed by atoms with Crippen LogP contribution in [0.4, 0.5) is 5.82 Å². The highest BCUT2D eigenvalue weighted by Crippen LogP contribution is 2.14. The minimum Gasteiger partial charge on any atom is -0.457 e. The second kappa shape index (κ2) is 5.61. The molecule has 0 fully saturated rings. The predicted molar refractivity (Wildman–Crippen MR) is 68.2 cm³/mol. The molecule has 0 aliphatic carbocycles. The van der Waals surface area contributed by atoms with E-state index < -0.39 is 10.9 Å². The van der Waals surface area contributed by atoms with Crippen molar-refractivity contribution in [3.8, 4) is 0 Å². The SMILES string of the molecule is Cc1ncc([N+](=O)[O-])n1CCOC(=O)c1cccs1. The first-order valence-corrected chi connectivity index (χ1v) is 6.34. The molecule has 0 radical (unpaired) electrons. The van der Waals surface area contributed by atoms with Crippen molar-refractivity contribution in [3.05, 3.63) is 44.5 Å². The number of ether oxygens (including phenoxy) is 1. The first-order chi connectivity index (χ1) is 9.09. The van der Waals surface area contributed by atoms with E-state index in [1.807, 2.05) is 0 Å². The van der Waals surface area contributed by atoms with Crippen molar-refractivity contribution in [3.63, 3.8) is 0 Å². The number of aryl methyl sites for hydroxylation is 1. The highest BCUT2D eigenvalue weighted by Gasteiger charge is 2.17. The molecule has 0 amide bonds. The minimum atomic E-state index is -0.513. The molecule has 0 N–H and O–H groups in total. The normalized spacial score (nSPS) is 10.4. The third kappa shape index (κ3) is 2.97. The summed E-state index contributed by atoms with van der Waals surface area (Å²) in [5.41, 5.74) is 0. The van der Waals surface area contributed by atoms with Crippen molar-refractivity contribution in [2.75, 3.05) is 6.61 Å². The number of carbonyl (C=O) groups excluding carboxylic acids is 1. The summed E-state index contributed by atoms with van der Waals surface area (Å²) >= 11 is 1.29. The molecule has 0 aliphatic rings. The molecule has 2 aromatic heterocycles. The van der Waals surface area contributed by atoms with E-state index in [2.05, 4.69) is 4.98 Å². The number of carbonyl (C=O) groups is 1. The summed E-state index contributed by atoms with van der Waals surface area (Å²) in [6, 6.07) is 3.42. The number of hydrogen-bond donors (Lipinski definition) is 0. The lowest BCUT2D eigenvalue weighted by Crippen LogP contribution is -2.13. The van der Waals surface area contributed by atoms with Crippen LogP contribution in [0.15, 0.2) is 23.7 Å². The molecular weight excluding hydrogens is 270 g/mol. The molecule has 0 aliphatic heterocycles. The molecule has 2 aromatic rings. The van der Waals surface area contributed by atoms with Crippen LogP contribution < -0.4 is 0 Å². The zero-order valence-electron chi connectivity index (χ0n) is 10.1. The Labute approximate surface area is 112 Å². The number of aromatic nitrogens is 2. The van der Waals surface area contributed by atoms with Crippen LogP contribution in [-0.2, 0) is 11.3 Å². The maximum atomic E-state index is 11.6. The number of nitrogens with zero attached hydrogens (tertiary/aromatic N) is 3. The third-order valence-corrected chi connectivity index (χ3v) is 3.34. The van der Waals surface area contributed by atoms with Crippen molar-refractivity contribution < 1.29 is 14.5 Å². The average Bonchev–Trinajstić information content (AvgIpc) is 2.99. The molecule has 19 heavy (non-hydrogen) atoms. The summed E-state index contributed by atoms with van der Waals surface area (Å²) in [5, 5.41) is 12.5. The molecule has 0 aromatic carbocycles. The predicted octanol–water partition coefficient (Wildman–Crippen LogP) is 2.02. The van der Waals surface area contributed by atoms with Crippen LogP contribution in [0.5, 0.6) is 0 Å². The van der Waals surface area contributed by atoms with Crippen LogP contribution in [0.3, 0.4) is 0 Å². The minimum absolute atomic E-state index is 0.0643. The Hall–Kier alpha value is -2.22. The van der Waals surface area contributed by atoms with Crippen LogP contribution in [-0.4, -0.2) is 27.1 Å². The molecule has 7 nitrogen and oxygen atoms in total. The standard InChI is InChI=1S/C11H11N3O4S/c1-8-12-7-10(14(16)17)13(8)4-5-18-11(15)9-3-2-6-19-9/h2-3,6-7H,4-5H2,1H3. The number of rotatable bonds is 5. The molecule has 0 unspecified atom stereocenters. The Morgan fingerprint density at radius 2 is 2.42 bits per heavy atom. The molecule has 2 heterocycles. The summed E-state index contributed by atoms with van der Waals surface area (Å²) in [6.07, 6.45) is 1.19. The van der Waals surface area contributed by atoms with Crippen LogP contribution in [0.25, 0.3) is 0 Å². The summed E-state index contributed by atoms with van der Waals surface area (Å²) in [5.74, 6) is -0.0148. The largest absolute Gasteiger partial charge is 0.457 e. The summed E-state index contributed by atoms with van der Waals surface area (Å²) < 4.78 is 6.45. The van der Waals surface area contributed by atoms with Gasteiger partial charge in [0.2, 0.25) is 0 Å². The summed E-state index contributed by atoms with van der Waals surface area (Å²) in [4.78, 5) is 26.2. The third-order valence-electron chi connectivity index (χ3n) is 2.49. The molecule has 0 saturated heterocycles. The van der Waals surface area contributed by atoms with Crippen molar-refractivity contribution in [2.24, 2.45) is 0 Å². The zero-order valence-corrected chi connectivity index (χ0v) is 10.9. The lowest BCUT2D eigenvalue weighted by molar-refractivity contribution is -0.392. The second-order valence-corrected chi connectivity index (χ2v) is 4.63. The van der Waals surface area contributed by atoms with Gasteiger partial charge in [-0.15, -0.1) is 11.3 Å². The summed E-state index contributed by atoms with van der Waals surface area (Å²) in [6.45, 7) is 1.93. The van der Waals surface area contributed by atoms with Gasteiger partial charge < -0.3 is 14.9 Å². The van der Waals surface area contributed by atoms with Gasteiger partial charge in [-0.3, -0.25) is 0 Å². The summed E-state index contributed by atoms with van der Waals surface area (Å²) in [7, 11) is 0. The van der Waals surface area contributed by atoms with Gasteiger partial charge in [-0.2, -0.15) is 0 Å². The Balaban J connectivity index is 1.95. The van der Waals surface area contributed by atoms with Gasteiger partial charge in [0.05, 0.1) is 0 Å². The lowest BCUT2D eigenvalue weighted by Gasteiger charge is -2.04. The lowest BCUT2D eigenvalue weighted by atomic mass is 10.5. The van der Waals surface area contributed by atoms with E-state index >= 15 is 0 Å². The van der Waals surface area contributed by atoms with Crippen molar-refractivity contribution in [1.82, 2.24) is 9.55 Å². The molecule has 8 heteroatoms. The maximum absolute atomic E-state index is 11.6. The molecule has 0 atom stereocenters. The number of imidazole rings is 1. The van der Waals surface area contributed by atoms with Crippen molar-refractivity contribution in [1.29, 1.82) is 0 Å². The van der Waals surface area contributed by atoms with Crippen LogP contribution in [0.1, 0.15) is 15.5 Å². The van der Waals surface area contributed by atoms with E-state index in [0.717, 1.165) is 0 Å². The second-order valence-electron chi connectivity index (χ2n) is 3.69. The topological polar surface area (TPSA) is 87.3 Å². The van der Waals surface area contributed by atoms with Gasteiger partial charge in [0.1, 0.15) is 24.2 Å². The number of thiophene rings is 1. The average molecular weight is 281 g/mol. The Bertz CT molecular complexity index is 591. The van der Waals surface area contributed by atoms with Gasteiger partial charge >= 0.3 is 11.8 Å². The van der Waals surface area contributed by atoms with E-state index in [9.17, 15) is 14.9 Å². The van der Waals surface area contributed by atoms with Gasteiger partial charge in [0.25, 0.3) is 0 Å². The van der Waals surface area contributed by atoms with Gasteiger partial charge in [-0.1, -0.05) is 6.07 Å². The van der Waals surface area contributed by atoms with E-state index in [1.54, 1.807) is 24.4 Å². The van der Waals surface area contributed by atoms with Gasteiger partial charge in [0.15, 0.2) is 5.82 Å². The quantitative estimate of drug-likeness (QED) is 0.475. The number of esters is 1. The number of hydrogen-bond acceptors (Lipinski definition) is 6. The van der Waals surface area contributed by atoms with Crippen molar-refractivity contribution >= 4 is 23.1 Å². The maximum Gasteiger partial charge on any atom is 0.348 e. The van der Waals surface area contributed by atoms with E-state index in [1.165, 1.54) is 22.1 Å². The molecule has 2 rings (SSSR count). The van der Waals surface area contributed by atoms with E-state index in [4.69, 9.17) is 4.74 Å². The molecule has 0 saturated carbocycles. The first kappa shape index (κ1) is 13.2. The molecule has 0 bridgehead atoms. The fourth-order valence-corrected chi connectivity index (χ4v) is 2.19. The van der Waals surface area contributed by atoms with Crippen LogP contribution in [0.2, 0.25) is 0 Å². The van der Waals surface area contributed by atoms with E-state index in [0.29, 0.717) is 10.7 Å². The Morgan fingerprint density at radius 1 is 1.63 bits per heavy atom. The van der Waals surface area contributed by atoms with Crippen LogP contribution in [0, 0.1) is 17.0 Å². The van der Waals surface area contributed by atoms with Crippen LogP contribution >= 0.6 is 11.3 Å². The van der Waals surface area contributed by atoms with Gasteiger partial charge in [-0.05, 0) is 16.4 Å². The number of nitro groups is 1. The monoisotopic (exact) mass is 281 g/mol. The highest BCUT2D eigenvalue weighted by molar-refractivity contribution is 7.11. The molecular formula is C11H11N3O4S. The highest BCUT2D eigenvalue weighted by atomic mass is 32.1. The smallest absolute Gasteiger partial charge is 0.348 e. The molecule has 0 spiro atoms. The Kier molecular flexibility index (Phi) is 3.91. The fraction of sp³-hybridized carbons (Fsp3) is 0.273. The Morgan fingerprint density at radius 3 is 3.05 bits per heavy atom. The molecule has 100 valence electrons. The zero-order chi connectivity index (χ0) is 13.8.